The van der Waals surface area contributed by atoms with Crippen molar-refractivity contribution in [1.82, 2.24) is 5.32 Å². The second kappa shape index (κ2) is 8.35. The Balaban J connectivity index is 1.81. The Morgan fingerprint density at radius 2 is 1.90 bits per heavy atom. The summed E-state index contributed by atoms with van der Waals surface area (Å²) < 4.78 is 19.1. The van der Waals surface area contributed by atoms with E-state index in [0.29, 0.717) is 6.10 Å². The molecule has 3 nitrogen and oxygen atoms in total. The minimum atomic E-state index is -0.186. The van der Waals surface area contributed by atoms with Crippen molar-refractivity contribution in [1.29, 1.82) is 0 Å². The number of halogens is 1. The molecule has 0 bridgehead atoms. The van der Waals surface area contributed by atoms with Crippen LogP contribution in [0, 0.1) is 5.82 Å². The first-order chi connectivity index (χ1) is 10.2. The van der Waals surface area contributed by atoms with Gasteiger partial charge in [-0.25, -0.2) is 4.39 Å². The SMILES string of the molecule is CCCNCC1CCC(CN(CC)c2ccc(F)cc2)O1. The third-order valence-electron chi connectivity index (χ3n) is 3.99. The van der Waals surface area contributed by atoms with Crippen molar-refractivity contribution < 1.29 is 9.13 Å². The molecule has 2 rings (SSSR count). The van der Waals surface area contributed by atoms with Gasteiger partial charge in [-0.15, -0.1) is 0 Å². The van der Waals surface area contributed by atoms with Crippen LogP contribution in [0.4, 0.5) is 10.1 Å². The largest absolute Gasteiger partial charge is 0.372 e. The van der Waals surface area contributed by atoms with Crippen LogP contribution in [0.3, 0.4) is 0 Å². The molecule has 0 radical (unpaired) electrons. The summed E-state index contributed by atoms with van der Waals surface area (Å²) in [6, 6.07) is 6.72. The van der Waals surface area contributed by atoms with Gasteiger partial charge in [0.1, 0.15) is 5.82 Å². The van der Waals surface area contributed by atoms with E-state index < -0.39 is 0 Å². The lowest BCUT2D eigenvalue weighted by Crippen LogP contribution is -2.34. The third kappa shape index (κ3) is 4.97. The van der Waals surface area contributed by atoms with E-state index >= 15 is 0 Å². The highest BCUT2D eigenvalue weighted by atomic mass is 19.1. The summed E-state index contributed by atoms with van der Waals surface area (Å²) in [5.74, 6) is -0.186. The summed E-state index contributed by atoms with van der Waals surface area (Å²) in [5, 5.41) is 3.42. The molecule has 1 aliphatic rings. The van der Waals surface area contributed by atoms with E-state index in [4.69, 9.17) is 4.74 Å². The van der Waals surface area contributed by atoms with Gasteiger partial charge in [0.15, 0.2) is 0 Å². The Labute approximate surface area is 127 Å². The molecule has 0 amide bonds. The summed E-state index contributed by atoms with van der Waals surface area (Å²) >= 11 is 0. The summed E-state index contributed by atoms with van der Waals surface area (Å²) in [5.41, 5.74) is 1.06. The maximum atomic E-state index is 13.0. The van der Waals surface area contributed by atoms with E-state index in [2.05, 4.69) is 24.1 Å². The van der Waals surface area contributed by atoms with Crippen molar-refractivity contribution in [3.63, 3.8) is 0 Å². The van der Waals surface area contributed by atoms with E-state index in [9.17, 15) is 4.39 Å². The molecule has 2 unspecified atom stereocenters. The van der Waals surface area contributed by atoms with Crippen molar-refractivity contribution in [3.8, 4) is 0 Å². The topological polar surface area (TPSA) is 24.5 Å². The van der Waals surface area contributed by atoms with Gasteiger partial charge in [0.05, 0.1) is 12.2 Å². The Morgan fingerprint density at radius 1 is 1.19 bits per heavy atom. The minimum absolute atomic E-state index is 0.186. The fraction of sp³-hybridized carbons (Fsp3) is 0.647. The summed E-state index contributed by atoms with van der Waals surface area (Å²) in [7, 11) is 0. The molecule has 0 aromatic heterocycles. The van der Waals surface area contributed by atoms with Gasteiger partial charge >= 0.3 is 0 Å². The minimum Gasteiger partial charge on any atom is -0.372 e. The van der Waals surface area contributed by atoms with Gasteiger partial charge in [-0.05, 0) is 57.0 Å². The zero-order valence-corrected chi connectivity index (χ0v) is 13.1. The first-order valence-electron chi connectivity index (χ1n) is 8.09. The Morgan fingerprint density at radius 3 is 2.57 bits per heavy atom. The molecule has 21 heavy (non-hydrogen) atoms. The summed E-state index contributed by atoms with van der Waals surface area (Å²) in [6.07, 6.45) is 4.01. The lowest BCUT2D eigenvalue weighted by Gasteiger charge is -2.26. The molecular formula is C17H27FN2O. The van der Waals surface area contributed by atoms with E-state index in [1.54, 1.807) is 0 Å². The molecule has 4 heteroatoms. The number of nitrogens with one attached hydrogen (secondary N) is 1. The number of benzene rings is 1. The maximum absolute atomic E-state index is 13.0. The van der Waals surface area contributed by atoms with Gasteiger partial charge in [0.25, 0.3) is 0 Å². The van der Waals surface area contributed by atoms with Gasteiger partial charge in [-0.1, -0.05) is 6.92 Å². The van der Waals surface area contributed by atoms with Crippen LogP contribution < -0.4 is 10.2 Å². The van der Waals surface area contributed by atoms with Gasteiger partial charge in [0.2, 0.25) is 0 Å². The van der Waals surface area contributed by atoms with E-state index in [0.717, 1.165) is 51.1 Å². The van der Waals surface area contributed by atoms with E-state index in [-0.39, 0.29) is 11.9 Å². The van der Waals surface area contributed by atoms with Crippen molar-refractivity contribution in [2.75, 3.05) is 31.1 Å². The molecular weight excluding hydrogens is 267 g/mol. The van der Waals surface area contributed by atoms with Crippen molar-refractivity contribution in [2.24, 2.45) is 0 Å². The fourth-order valence-electron chi connectivity index (χ4n) is 2.82. The van der Waals surface area contributed by atoms with E-state index in [1.807, 2.05) is 12.1 Å². The second-order valence-electron chi connectivity index (χ2n) is 5.68. The monoisotopic (exact) mass is 294 g/mol. The predicted molar refractivity (Wildman–Crippen MR) is 85.3 cm³/mol. The summed E-state index contributed by atoms with van der Waals surface area (Å²) in [4.78, 5) is 2.26. The number of hydrogen-bond donors (Lipinski definition) is 1. The zero-order valence-electron chi connectivity index (χ0n) is 13.1. The quantitative estimate of drug-likeness (QED) is 0.745. The van der Waals surface area contributed by atoms with Gasteiger partial charge in [0, 0.05) is 25.3 Å². The molecule has 2 atom stereocenters. The van der Waals surface area contributed by atoms with Crippen LogP contribution in [-0.4, -0.2) is 38.4 Å². The standard InChI is InChI=1S/C17H27FN2O/c1-3-11-19-12-16-9-10-17(21-16)13-20(4-2)15-7-5-14(18)6-8-15/h5-8,16-17,19H,3-4,9-13H2,1-2H3. The van der Waals surface area contributed by atoms with Crippen LogP contribution in [0.2, 0.25) is 0 Å². The predicted octanol–water partition coefficient (Wildman–Crippen LogP) is 3.20. The fourth-order valence-corrected chi connectivity index (χ4v) is 2.82. The van der Waals surface area contributed by atoms with Gasteiger partial charge < -0.3 is 15.0 Å². The third-order valence-corrected chi connectivity index (χ3v) is 3.99. The molecule has 1 N–H and O–H groups in total. The Hall–Kier alpha value is -1.13. The van der Waals surface area contributed by atoms with Crippen LogP contribution in [0.1, 0.15) is 33.1 Å². The molecule has 1 aliphatic heterocycles. The highest BCUT2D eigenvalue weighted by Gasteiger charge is 2.26. The van der Waals surface area contributed by atoms with Crippen LogP contribution in [0.15, 0.2) is 24.3 Å². The first kappa shape index (κ1) is 16.2. The lowest BCUT2D eigenvalue weighted by molar-refractivity contribution is 0.0496. The zero-order chi connectivity index (χ0) is 15.1. The lowest BCUT2D eigenvalue weighted by atomic mass is 10.1. The maximum Gasteiger partial charge on any atom is 0.123 e. The second-order valence-corrected chi connectivity index (χ2v) is 5.68. The first-order valence-corrected chi connectivity index (χ1v) is 8.09. The van der Waals surface area contributed by atoms with Crippen LogP contribution >= 0.6 is 0 Å². The molecule has 1 aromatic carbocycles. The van der Waals surface area contributed by atoms with Gasteiger partial charge in [-0.3, -0.25) is 0 Å². The Bertz CT molecular complexity index is 410. The highest BCUT2D eigenvalue weighted by Crippen LogP contribution is 2.23. The van der Waals surface area contributed by atoms with Crippen LogP contribution in [-0.2, 0) is 4.74 Å². The molecule has 0 saturated carbocycles. The smallest absolute Gasteiger partial charge is 0.123 e. The van der Waals surface area contributed by atoms with Gasteiger partial charge in [-0.2, -0.15) is 0 Å². The number of likely N-dealkylation sites (N-methyl/N-ethyl adjacent to an activating group) is 1. The molecule has 118 valence electrons. The average Bonchev–Trinajstić information content (AvgIpc) is 2.94. The number of rotatable bonds is 8. The molecule has 1 fully saturated rings. The molecule has 1 saturated heterocycles. The number of ether oxygens (including phenoxy) is 1. The molecule has 1 aromatic rings. The average molecular weight is 294 g/mol. The van der Waals surface area contributed by atoms with Crippen LogP contribution in [0.5, 0.6) is 0 Å². The number of hydrogen-bond acceptors (Lipinski definition) is 3. The van der Waals surface area contributed by atoms with E-state index in [1.165, 1.54) is 12.1 Å². The Kier molecular flexibility index (Phi) is 6.46. The van der Waals surface area contributed by atoms with Crippen molar-refractivity contribution >= 4 is 5.69 Å². The molecule has 1 heterocycles. The number of nitrogens with zero attached hydrogens (tertiary/aromatic N) is 1. The molecule has 0 aliphatic carbocycles. The van der Waals surface area contributed by atoms with Crippen LogP contribution in [0.25, 0.3) is 0 Å². The molecule has 0 spiro atoms. The number of anilines is 1. The normalized spacial score (nSPS) is 21.7. The van der Waals surface area contributed by atoms with Crippen molar-refractivity contribution in [3.05, 3.63) is 30.1 Å². The van der Waals surface area contributed by atoms with Crippen molar-refractivity contribution in [2.45, 2.75) is 45.3 Å². The summed E-state index contributed by atoms with van der Waals surface area (Å²) in [6.45, 7) is 8.09. The highest BCUT2D eigenvalue weighted by molar-refractivity contribution is 5.46.